The minimum Gasteiger partial charge on any atom is -0.453 e. The van der Waals surface area contributed by atoms with Gasteiger partial charge in [0.1, 0.15) is 6.26 Å². The molecule has 0 aliphatic carbocycles. The highest BCUT2D eigenvalue weighted by Crippen LogP contribution is 2.15. The zero-order valence-electron chi connectivity index (χ0n) is 8.34. The van der Waals surface area contributed by atoms with Gasteiger partial charge < -0.3 is 9.47 Å². The number of ether oxygens (including phenoxy) is 2. The molecule has 16 heavy (non-hydrogen) atoms. The highest BCUT2D eigenvalue weighted by molar-refractivity contribution is 5.88. The third kappa shape index (κ3) is 6.63. The van der Waals surface area contributed by atoms with E-state index in [1.807, 2.05) is 0 Å². The van der Waals surface area contributed by atoms with Crippen molar-refractivity contribution in [3.05, 3.63) is 24.5 Å². The number of alkyl halides is 3. The first kappa shape index (κ1) is 14.2. The summed E-state index contributed by atoms with van der Waals surface area (Å²) in [6.45, 7) is 2.54. The third-order valence-electron chi connectivity index (χ3n) is 1.21. The summed E-state index contributed by atoms with van der Waals surface area (Å²) in [4.78, 5) is 21.4. The van der Waals surface area contributed by atoms with E-state index in [0.29, 0.717) is 6.26 Å². The second-order valence-corrected chi connectivity index (χ2v) is 2.63. The van der Waals surface area contributed by atoms with Crippen molar-refractivity contribution in [3.63, 3.8) is 0 Å². The van der Waals surface area contributed by atoms with Crippen LogP contribution in [0.1, 0.15) is 6.92 Å². The molecule has 0 heterocycles. The van der Waals surface area contributed by atoms with Gasteiger partial charge in [-0.3, -0.25) is 0 Å². The zero-order valence-corrected chi connectivity index (χ0v) is 8.34. The maximum absolute atomic E-state index is 11.7. The Bertz CT molecular complexity index is 317. The summed E-state index contributed by atoms with van der Waals surface area (Å²) in [5.74, 6) is -2.04. The Kier molecular flexibility index (Phi) is 5.27. The van der Waals surface area contributed by atoms with Crippen molar-refractivity contribution in [1.82, 2.24) is 0 Å². The van der Waals surface area contributed by atoms with E-state index in [4.69, 9.17) is 0 Å². The molecule has 7 heteroatoms. The highest BCUT2D eigenvalue weighted by atomic mass is 19.4. The van der Waals surface area contributed by atoms with Gasteiger partial charge in [-0.1, -0.05) is 6.58 Å². The molecule has 0 saturated heterocycles. The average molecular weight is 238 g/mol. The van der Waals surface area contributed by atoms with Gasteiger partial charge in [-0.25, -0.2) is 9.59 Å². The maximum Gasteiger partial charge on any atom is 0.422 e. The SMILES string of the molecule is C=CC(=O)OC=C(C)C(=O)OCC(F)(F)F. The van der Waals surface area contributed by atoms with Crippen molar-refractivity contribution in [2.24, 2.45) is 0 Å². The molecule has 90 valence electrons. The van der Waals surface area contributed by atoms with Crippen LogP contribution in [0.4, 0.5) is 13.2 Å². The lowest BCUT2D eigenvalue weighted by Crippen LogP contribution is -2.20. The lowest BCUT2D eigenvalue weighted by atomic mass is 10.3. The van der Waals surface area contributed by atoms with Crippen molar-refractivity contribution in [3.8, 4) is 0 Å². The van der Waals surface area contributed by atoms with Gasteiger partial charge in [0.25, 0.3) is 0 Å². The zero-order chi connectivity index (χ0) is 12.8. The minimum absolute atomic E-state index is 0.264. The first-order chi connectivity index (χ1) is 7.26. The van der Waals surface area contributed by atoms with Crippen molar-refractivity contribution in [2.75, 3.05) is 6.61 Å². The molecule has 0 aliphatic heterocycles. The van der Waals surface area contributed by atoms with Crippen LogP contribution in [-0.4, -0.2) is 24.7 Å². The Labute approximate surface area is 89.3 Å². The molecular formula is C9H9F3O4. The molecule has 0 spiro atoms. The van der Waals surface area contributed by atoms with Crippen molar-refractivity contribution in [2.45, 2.75) is 13.1 Å². The lowest BCUT2D eigenvalue weighted by molar-refractivity contribution is -0.183. The van der Waals surface area contributed by atoms with Gasteiger partial charge in [0.05, 0.1) is 5.57 Å². The molecule has 0 radical (unpaired) electrons. The van der Waals surface area contributed by atoms with Crippen LogP contribution < -0.4 is 0 Å². The van der Waals surface area contributed by atoms with E-state index >= 15 is 0 Å². The molecule has 0 aromatic carbocycles. The molecule has 0 fully saturated rings. The van der Waals surface area contributed by atoms with Gasteiger partial charge in [-0.15, -0.1) is 0 Å². The minimum atomic E-state index is -4.59. The van der Waals surface area contributed by atoms with Crippen molar-refractivity contribution >= 4 is 11.9 Å². The molecular weight excluding hydrogens is 229 g/mol. The van der Waals surface area contributed by atoms with E-state index in [1.165, 1.54) is 0 Å². The van der Waals surface area contributed by atoms with Gasteiger partial charge in [0.15, 0.2) is 6.61 Å². The lowest BCUT2D eigenvalue weighted by Gasteiger charge is -2.07. The molecule has 0 atom stereocenters. The second-order valence-electron chi connectivity index (χ2n) is 2.63. The molecule has 0 amide bonds. The number of halogens is 3. The molecule has 0 aromatic rings. The number of hydrogen-bond donors (Lipinski definition) is 0. The fourth-order valence-corrected chi connectivity index (χ4v) is 0.504. The van der Waals surface area contributed by atoms with Crippen LogP contribution in [0, 0.1) is 0 Å². The molecule has 0 rings (SSSR count). The molecule has 0 saturated carbocycles. The van der Waals surface area contributed by atoms with E-state index < -0.39 is 24.7 Å². The normalized spacial score (nSPS) is 11.9. The highest BCUT2D eigenvalue weighted by Gasteiger charge is 2.29. The predicted molar refractivity (Wildman–Crippen MR) is 47.1 cm³/mol. The second kappa shape index (κ2) is 5.94. The van der Waals surface area contributed by atoms with Crippen LogP contribution in [0.5, 0.6) is 0 Å². The summed E-state index contributed by atoms with van der Waals surface area (Å²) < 4.78 is 43.1. The first-order valence-corrected chi connectivity index (χ1v) is 4.00. The Morgan fingerprint density at radius 2 is 1.94 bits per heavy atom. The third-order valence-corrected chi connectivity index (χ3v) is 1.21. The number of esters is 2. The number of rotatable bonds is 4. The van der Waals surface area contributed by atoms with Crippen LogP contribution in [0.3, 0.4) is 0 Å². The molecule has 0 bridgehead atoms. The summed E-state index contributed by atoms with van der Waals surface area (Å²) in [6, 6.07) is 0. The van der Waals surface area contributed by atoms with Gasteiger partial charge in [0.2, 0.25) is 0 Å². The summed E-state index contributed by atoms with van der Waals surface area (Å²) in [7, 11) is 0. The Morgan fingerprint density at radius 3 is 2.38 bits per heavy atom. The van der Waals surface area contributed by atoms with Crippen LogP contribution >= 0.6 is 0 Å². The number of carbonyl (C=O) groups is 2. The largest absolute Gasteiger partial charge is 0.453 e. The number of carbonyl (C=O) groups excluding carboxylic acids is 2. The van der Waals surface area contributed by atoms with Crippen LogP contribution in [0.2, 0.25) is 0 Å². The monoisotopic (exact) mass is 238 g/mol. The molecule has 0 aliphatic rings. The van der Waals surface area contributed by atoms with Crippen LogP contribution in [-0.2, 0) is 19.1 Å². The quantitative estimate of drug-likeness (QED) is 0.425. The van der Waals surface area contributed by atoms with Gasteiger partial charge in [0, 0.05) is 6.08 Å². The van der Waals surface area contributed by atoms with E-state index in [1.54, 1.807) is 0 Å². The number of hydrogen-bond acceptors (Lipinski definition) is 4. The van der Waals surface area contributed by atoms with Gasteiger partial charge in [-0.05, 0) is 6.92 Å². The van der Waals surface area contributed by atoms with E-state index in [-0.39, 0.29) is 5.57 Å². The smallest absolute Gasteiger partial charge is 0.422 e. The topological polar surface area (TPSA) is 52.6 Å². The summed E-state index contributed by atoms with van der Waals surface area (Å²) in [5.41, 5.74) is -0.264. The summed E-state index contributed by atoms with van der Waals surface area (Å²) >= 11 is 0. The standard InChI is InChI=1S/C9H9F3O4/c1-3-7(13)15-4-6(2)8(14)16-5-9(10,11)12/h3-4H,1,5H2,2H3. The van der Waals surface area contributed by atoms with Gasteiger partial charge in [-0.2, -0.15) is 13.2 Å². The molecule has 0 unspecified atom stereocenters. The fourth-order valence-electron chi connectivity index (χ4n) is 0.504. The van der Waals surface area contributed by atoms with Crippen molar-refractivity contribution < 1.29 is 32.2 Å². The Hall–Kier alpha value is -1.79. The van der Waals surface area contributed by atoms with E-state index in [2.05, 4.69) is 16.1 Å². The van der Waals surface area contributed by atoms with Crippen LogP contribution in [0.25, 0.3) is 0 Å². The molecule has 4 nitrogen and oxygen atoms in total. The van der Waals surface area contributed by atoms with Crippen molar-refractivity contribution in [1.29, 1.82) is 0 Å². The van der Waals surface area contributed by atoms with Gasteiger partial charge >= 0.3 is 18.1 Å². The van der Waals surface area contributed by atoms with E-state index in [0.717, 1.165) is 13.0 Å². The Balaban J connectivity index is 4.18. The maximum atomic E-state index is 11.7. The Morgan fingerprint density at radius 1 is 1.38 bits per heavy atom. The summed E-state index contributed by atoms with van der Waals surface area (Å²) in [5, 5.41) is 0. The fraction of sp³-hybridized carbons (Fsp3) is 0.333. The average Bonchev–Trinajstić information content (AvgIpc) is 2.20. The summed E-state index contributed by atoms with van der Waals surface area (Å²) in [6.07, 6.45) is -3.05. The van der Waals surface area contributed by atoms with E-state index in [9.17, 15) is 22.8 Å². The molecule has 0 aromatic heterocycles. The molecule has 0 N–H and O–H groups in total. The first-order valence-electron chi connectivity index (χ1n) is 4.00. The van der Waals surface area contributed by atoms with Crippen LogP contribution in [0.15, 0.2) is 24.5 Å². The predicted octanol–water partition coefficient (Wildman–Crippen LogP) is 1.72.